The first-order valence-corrected chi connectivity index (χ1v) is 13.3. The maximum atomic E-state index is 12.6. The number of nitrogens with zero attached hydrogens (tertiary/aromatic N) is 1. The Labute approximate surface area is 244 Å². The summed E-state index contributed by atoms with van der Waals surface area (Å²) in [5, 5.41) is 4.03. The highest BCUT2D eigenvalue weighted by atomic mass is 16.6. The van der Waals surface area contributed by atoms with Crippen molar-refractivity contribution < 1.29 is 33.3 Å². The van der Waals surface area contributed by atoms with Crippen LogP contribution in [0.2, 0.25) is 0 Å². The Hall–Kier alpha value is -5.31. The van der Waals surface area contributed by atoms with Gasteiger partial charge in [-0.2, -0.15) is 5.10 Å². The highest BCUT2D eigenvalue weighted by Gasteiger charge is 2.15. The third-order valence-corrected chi connectivity index (χ3v) is 5.94. The lowest BCUT2D eigenvalue weighted by atomic mass is 10.2. The van der Waals surface area contributed by atoms with Crippen LogP contribution in [0.1, 0.15) is 35.3 Å². The second-order valence-electron chi connectivity index (χ2n) is 9.00. The summed E-state index contributed by atoms with van der Waals surface area (Å²) in [6.07, 6.45) is 0.665. The molecule has 0 aliphatic rings. The van der Waals surface area contributed by atoms with E-state index < -0.39 is 18.0 Å². The van der Waals surface area contributed by atoms with Gasteiger partial charge in [0, 0.05) is 0 Å². The number of hydrogen-bond donors (Lipinski definition) is 1. The highest BCUT2D eigenvalue weighted by molar-refractivity contribution is 5.92. The number of benzene rings is 4. The van der Waals surface area contributed by atoms with E-state index in [4.69, 9.17) is 23.7 Å². The quantitative estimate of drug-likeness (QED) is 0.0939. The fraction of sp³-hybridized carbons (Fsp3) is 0.182. The molecule has 0 bridgehead atoms. The summed E-state index contributed by atoms with van der Waals surface area (Å²) in [7, 11) is 1.55. The number of amides is 1. The third kappa shape index (κ3) is 8.59. The first kappa shape index (κ1) is 29.7. The van der Waals surface area contributed by atoms with Crippen molar-refractivity contribution in [1.29, 1.82) is 0 Å². The average Bonchev–Trinajstić information content (AvgIpc) is 3.02. The second-order valence-corrected chi connectivity index (χ2v) is 9.00. The number of methoxy groups -OCH3 is 1. The van der Waals surface area contributed by atoms with Crippen LogP contribution in [-0.2, 0) is 11.4 Å². The molecular weight excluding hydrogens is 536 g/mol. The molecule has 0 saturated carbocycles. The zero-order chi connectivity index (χ0) is 29.7. The van der Waals surface area contributed by atoms with Gasteiger partial charge in [0.05, 0.1) is 25.5 Å². The Bertz CT molecular complexity index is 1490. The minimum atomic E-state index is -0.794. The fourth-order valence-corrected chi connectivity index (χ4v) is 3.72. The number of ether oxygens (including phenoxy) is 5. The molecule has 4 rings (SSSR count). The lowest BCUT2D eigenvalue weighted by Crippen LogP contribution is -2.33. The highest BCUT2D eigenvalue weighted by Crippen LogP contribution is 2.29. The lowest BCUT2D eigenvalue weighted by Gasteiger charge is -2.14. The van der Waals surface area contributed by atoms with E-state index in [1.807, 2.05) is 37.3 Å². The number of hydrazone groups is 1. The Morgan fingerprint density at radius 1 is 0.833 bits per heavy atom. The van der Waals surface area contributed by atoms with Crippen LogP contribution in [0.4, 0.5) is 0 Å². The molecule has 0 aliphatic heterocycles. The first-order valence-electron chi connectivity index (χ1n) is 13.3. The largest absolute Gasteiger partial charge is 0.497 e. The summed E-state index contributed by atoms with van der Waals surface area (Å²) < 4.78 is 27.8. The third-order valence-electron chi connectivity index (χ3n) is 5.94. The van der Waals surface area contributed by atoms with Crippen molar-refractivity contribution >= 4 is 18.1 Å². The molecule has 0 aromatic heterocycles. The Kier molecular flexibility index (Phi) is 10.5. The molecule has 4 aromatic rings. The lowest BCUT2D eigenvalue weighted by molar-refractivity contribution is -0.127. The van der Waals surface area contributed by atoms with Crippen LogP contribution in [-0.4, -0.2) is 37.9 Å². The van der Waals surface area contributed by atoms with Crippen LogP contribution >= 0.6 is 0 Å². The fourth-order valence-electron chi connectivity index (χ4n) is 3.72. The van der Waals surface area contributed by atoms with Crippen molar-refractivity contribution in [3.8, 4) is 28.7 Å². The SMILES string of the molecule is CCOc1cc(/C=N\NC(=O)[C@@H](C)Oc2ccc(OCc3ccccc3)cc2)ccc1OC(=O)c1ccc(OC)cc1. The summed E-state index contributed by atoms with van der Waals surface area (Å²) in [5.41, 5.74) is 4.54. The van der Waals surface area contributed by atoms with Crippen molar-refractivity contribution in [2.75, 3.05) is 13.7 Å². The Balaban J connectivity index is 1.29. The monoisotopic (exact) mass is 568 g/mol. The van der Waals surface area contributed by atoms with Gasteiger partial charge in [-0.3, -0.25) is 4.79 Å². The van der Waals surface area contributed by atoms with Gasteiger partial charge in [0.2, 0.25) is 0 Å². The molecule has 1 amide bonds. The van der Waals surface area contributed by atoms with E-state index in [2.05, 4.69) is 10.5 Å². The average molecular weight is 569 g/mol. The predicted molar refractivity (Wildman–Crippen MR) is 159 cm³/mol. The Morgan fingerprint density at radius 3 is 2.21 bits per heavy atom. The zero-order valence-corrected chi connectivity index (χ0v) is 23.6. The summed E-state index contributed by atoms with van der Waals surface area (Å²) in [5.74, 6) is 1.52. The van der Waals surface area contributed by atoms with Gasteiger partial charge in [-0.05, 0) is 91.7 Å². The van der Waals surface area contributed by atoms with Gasteiger partial charge in [-0.1, -0.05) is 30.3 Å². The number of esters is 1. The van der Waals surface area contributed by atoms with Crippen molar-refractivity contribution in [2.24, 2.45) is 5.10 Å². The summed E-state index contributed by atoms with van der Waals surface area (Å²) in [4.78, 5) is 25.1. The molecule has 9 heteroatoms. The molecule has 0 spiro atoms. The number of rotatable bonds is 13. The number of carbonyl (C=O) groups excluding carboxylic acids is 2. The zero-order valence-electron chi connectivity index (χ0n) is 23.6. The van der Waals surface area contributed by atoms with E-state index >= 15 is 0 Å². The minimum absolute atomic E-state index is 0.261. The van der Waals surface area contributed by atoms with Crippen molar-refractivity contribution in [3.63, 3.8) is 0 Å². The molecule has 0 unspecified atom stereocenters. The van der Waals surface area contributed by atoms with Gasteiger partial charge in [-0.25, -0.2) is 10.2 Å². The predicted octanol–water partition coefficient (Wildman–Crippen LogP) is 5.81. The van der Waals surface area contributed by atoms with Gasteiger partial charge in [-0.15, -0.1) is 0 Å². The molecule has 0 aliphatic carbocycles. The topological polar surface area (TPSA) is 105 Å². The molecule has 0 radical (unpaired) electrons. The van der Waals surface area contributed by atoms with Crippen LogP contribution in [0.15, 0.2) is 102 Å². The molecular formula is C33H32N2O7. The van der Waals surface area contributed by atoms with E-state index in [-0.39, 0.29) is 5.75 Å². The second kappa shape index (κ2) is 14.9. The molecule has 1 N–H and O–H groups in total. The summed E-state index contributed by atoms with van der Waals surface area (Å²) in [6, 6.07) is 28.5. The maximum absolute atomic E-state index is 12.6. The van der Waals surface area contributed by atoms with Crippen LogP contribution in [0.25, 0.3) is 0 Å². The first-order chi connectivity index (χ1) is 20.4. The van der Waals surface area contributed by atoms with E-state index in [0.29, 0.717) is 47.3 Å². The van der Waals surface area contributed by atoms with Crippen LogP contribution < -0.4 is 29.1 Å². The van der Waals surface area contributed by atoms with E-state index in [0.717, 1.165) is 5.56 Å². The molecule has 9 nitrogen and oxygen atoms in total. The van der Waals surface area contributed by atoms with Crippen molar-refractivity contribution in [2.45, 2.75) is 26.6 Å². The summed E-state index contributed by atoms with van der Waals surface area (Å²) >= 11 is 0. The van der Waals surface area contributed by atoms with Crippen LogP contribution in [0, 0.1) is 0 Å². The van der Waals surface area contributed by atoms with Crippen molar-refractivity contribution in [1.82, 2.24) is 5.43 Å². The van der Waals surface area contributed by atoms with Gasteiger partial charge < -0.3 is 23.7 Å². The molecule has 4 aromatic carbocycles. The van der Waals surface area contributed by atoms with Gasteiger partial charge >= 0.3 is 5.97 Å². The van der Waals surface area contributed by atoms with Gasteiger partial charge in [0.1, 0.15) is 23.9 Å². The van der Waals surface area contributed by atoms with Crippen LogP contribution in [0.3, 0.4) is 0 Å². The minimum Gasteiger partial charge on any atom is -0.497 e. The maximum Gasteiger partial charge on any atom is 0.343 e. The molecule has 0 saturated heterocycles. The standard InChI is InChI=1S/C33H32N2O7/c1-4-39-31-20-25(10-19-30(31)42-33(37)26-11-13-27(38-3)14-12-26)21-34-35-32(36)23(2)41-29-17-15-28(16-18-29)40-22-24-8-6-5-7-9-24/h5-21,23H,4,22H2,1-3H3,(H,35,36)/b34-21-/t23-/m1/s1. The smallest absolute Gasteiger partial charge is 0.343 e. The van der Waals surface area contributed by atoms with E-state index in [1.165, 1.54) is 6.21 Å². The Morgan fingerprint density at radius 2 is 1.52 bits per heavy atom. The van der Waals surface area contributed by atoms with Gasteiger partial charge in [0.25, 0.3) is 5.91 Å². The molecule has 216 valence electrons. The number of hydrogen-bond acceptors (Lipinski definition) is 8. The van der Waals surface area contributed by atoms with Crippen LogP contribution in [0.5, 0.6) is 28.7 Å². The van der Waals surface area contributed by atoms with Gasteiger partial charge in [0.15, 0.2) is 17.6 Å². The summed E-state index contributed by atoms with van der Waals surface area (Å²) in [6.45, 7) is 4.27. The molecule has 1 atom stereocenters. The van der Waals surface area contributed by atoms with Crippen molar-refractivity contribution in [3.05, 3.63) is 114 Å². The number of nitrogens with one attached hydrogen (secondary N) is 1. The van der Waals surface area contributed by atoms with E-state index in [1.54, 1.807) is 80.8 Å². The number of carbonyl (C=O) groups is 2. The molecule has 0 fully saturated rings. The molecule has 0 heterocycles. The normalized spacial score (nSPS) is 11.4. The van der Waals surface area contributed by atoms with E-state index in [9.17, 15) is 9.59 Å². The molecule has 42 heavy (non-hydrogen) atoms.